The van der Waals surface area contributed by atoms with E-state index in [0.29, 0.717) is 0 Å². The molecule has 0 saturated heterocycles. The van der Waals surface area contributed by atoms with Crippen LogP contribution in [-0.2, 0) is 0 Å². The van der Waals surface area contributed by atoms with Gasteiger partial charge < -0.3 is 5.32 Å². The largest absolute Gasteiger partial charge is 0.345 e. The fraction of sp³-hybridized carbons (Fsp3) is 0.250. The van der Waals surface area contributed by atoms with Gasteiger partial charge in [0.1, 0.15) is 0 Å². The molecule has 2 rings (SSSR count). The normalized spacial score (nSPS) is 11.8. The van der Waals surface area contributed by atoms with E-state index in [1.54, 1.807) is 11.8 Å². The summed E-state index contributed by atoms with van der Waals surface area (Å²) in [5.74, 6) is 0.750. The molecule has 0 aliphatic rings. The molecule has 0 aliphatic carbocycles. The lowest BCUT2D eigenvalue weighted by atomic mass is 10.0. The SMILES string of the molecule is C=CCSc1ccccc1C(=O)NC(C)c1ccc(C)c(C)c1. The molecule has 23 heavy (non-hydrogen) atoms. The van der Waals surface area contributed by atoms with Crippen LogP contribution in [0.1, 0.15) is 40.0 Å². The first-order chi connectivity index (χ1) is 11.0. The molecule has 2 nitrogen and oxygen atoms in total. The second-order valence-electron chi connectivity index (χ2n) is 5.63. The Kier molecular flexibility index (Phi) is 6.05. The number of thioether (sulfide) groups is 1. The molecule has 0 saturated carbocycles. The number of carbonyl (C=O) groups is 1. The molecular weight excluding hydrogens is 302 g/mol. The number of amides is 1. The van der Waals surface area contributed by atoms with Crippen molar-refractivity contribution in [2.75, 3.05) is 5.75 Å². The number of benzene rings is 2. The zero-order valence-corrected chi connectivity index (χ0v) is 14.7. The highest BCUT2D eigenvalue weighted by atomic mass is 32.2. The van der Waals surface area contributed by atoms with E-state index in [-0.39, 0.29) is 11.9 Å². The monoisotopic (exact) mass is 325 g/mol. The van der Waals surface area contributed by atoms with Gasteiger partial charge in [0.25, 0.3) is 5.91 Å². The Labute approximate surface area is 143 Å². The van der Waals surface area contributed by atoms with Crippen LogP contribution in [0.15, 0.2) is 60.0 Å². The maximum atomic E-state index is 12.6. The van der Waals surface area contributed by atoms with Crippen LogP contribution in [0.3, 0.4) is 0 Å². The van der Waals surface area contributed by atoms with Gasteiger partial charge in [-0.2, -0.15) is 0 Å². The van der Waals surface area contributed by atoms with Crippen molar-refractivity contribution in [1.29, 1.82) is 0 Å². The van der Waals surface area contributed by atoms with Crippen molar-refractivity contribution < 1.29 is 4.79 Å². The van der Waals surface area contributed by atoms with Crippen molar-refractivity contribution >= 4 is 17.7 Å². The molecule has 2 aromatic carbocycles. The molecule has 120 valence electrons. The third-order valence-electron chi connectivity index (χ3n) is 3.87. The Morgan fingerprint density at radius 2 is 1.96 bits per heavy atom. The lowest BCUT2D eigenvalue weighted by Gasteiger charge is -2.17. The van der Waals surface area contributed by atoms with Crippen molar-refractivity contribution in [2.45, 2.75) is 31.7 Å². The third kappa shape index (κ3) is 4.49. The summed E-state index contributed by atoms with van der Waals surface area (Å²) in [7, 11) is 0. The van der Waals surface area contributed by atoms with Crippen LogP contribution in [-0.4, -0.2) is 11.7 Å². The summed E-state index contributed by atoms with van der Waals surface area (Å²) in [4.78, 5) is 13.6. The summed E-state index contributed by atoms with van der Waals surface area (Å²) < 4.78 is 0. The van der Waals surface area contributed by atoms with E-state index in [0.717, 1.165) is 21.8 Å². The van der Waals surface area contributed by atoms with Gasteiger partial charge in [-0.3, -0.25) is 4.79 Å². The first-order valence-electron chi connectivity index (χ1n) is 7.73. The second-order valence-corrected chi connectivity index (χ2v) is 6.70. The molecule has 1 unspecified atom stereocenters. The van der Waals surface area contributed by atoms with Crippen LogP contribution in [0.25, 0.3) is 0 Å². The number of hydrogen-bond acceptors (Lipinski definition) is 2. The topological polar surface area (TPSA) is 29.1 Å². The smallest absolute Gasteiger partial charge is 0.252 e. The summed E-state index contributed by atoms with van der Waals surface area (Å²) in [6.45, 7) is 9.93. The Morgan fingerprint density at radius 3 is 2.65 bits per heavy atom. The van der Waals surface area contributed by atoms with Gasteiger partial charge in [-0.15, -0.1) is 18.3 Å². The summed E-state index contributed by atoms with van der Waals surface area (Å²) in [6, 6.07) is 14.0. The van der Waals surface area contributed by atoms with Crippen LogP contribution in [0.2, 0.25) is 0 Å². The van der Waals surface area contributed by atoms with Gasteiger partial charge in [-0.05, 0) is 49.6 Å². The van der Waals surface area contributed by atoms with Crippen LogP contribution >= 0.6 is 11.8 Å². The van der Waals surface area contributed by atoms with Crippen molar-refractivity contribution in [1.82, 2.24) is 5.32 Å². The highest BCUT2D eigenvalue weighted by Gasteiger charge is 2.15. The molecule has 0 aromatic heterocycles. The van der Waals surface area contributed by atoms with Crippen molar-refractivity contribution in [3.8, 4) is 0 Å². The van der Waals surface area contributed by atoms with E-state index < -0.39 is 0 Å². The van der Waals surface area contributed by atoms with Gasteiger partial charge in [-0.25, -0.2) is 0 Å². The number of carbonyl (C=O) groups excluding carboxylic acids is 1. The highest BCUT2D eigenvalue weighted by Crippen LogP contribution is 2.24. The lowest BCUT2D eigenvalue weighted by molar-refractivity contribution is 0.0937. The van der Waals surface area contributed by atoms with E-state index in [1.165, 1.54) is 11.1 Å². The van der Waals surface area contributed by atoms with Gasteiger partial charge in [0.2, 0.25) is 0 Å². The molecule has 0 spiro atoms. The Hall–Kier alpha value is -2.00. The van der Waals surface area contributed by atoms with Gasteiger partial charge in [0.05, 0.1) is 11.6 Å². The minimum Gasteiger partial charge on any atom is -0.345 e. The van der Waals surface area contributed by atoms with Crippen LogP contribution in [0.5, 0.6) is 0 Å². The molecule has 1 amide bonds. The fourth-order valence-corrected chi connectivity index (χ4v) is 3.11. The Balaban J connectivity index is 2.15. The summed E-state index contributed by atoms with van der Waals surface area (Å²) in [6.07, 6.45) is 1.84. The predicted octanol–water partition coefficient (Wildman–Crippen LogP) is 5.07. The number of hydrogen-bond donors (Lipinski definition) is 1. The van der Waals surface area contributed by atoms with Crippen LogP contribution < -0.4 is 5.32 Å². The number of aryl methyl sites for hydroxylation is 2. The predicted molar refractivity (Wildman–Crippen MR) is 99.2 cm³/mol. The standard InChI is InChI=1S/C20H23NOS/c1-5-12-23-19-9-7-6-8-18(19)20(22)21-16(4)17-11-10-14(2)15(3)13-17/h5-11,13,16H,1,12H2,2-4H3,(H,21,22). The van der Waals surface area contributed by atoms with Gasteiger partial charge in [0.15, 0.2) is 0 Å². The second kappa shape index (κ2) is 8.02. The van der Waals surface area contributed by atoms with Gasteiger partial charge in [-0.1, -0.05) is 36.4 Å². The van der Waals surface area contributed by atoms with Gasteiger partial charge >= 0.3 is 0 Å². The first kappa shape index (κ1) is 17.4. The van der Waals surface area contributed by atoms with Crippen molar-refractivity contribution in [2.24, 2.45) is 0 Å². The molecule has 0 bridgehead atoms. The molecule has 0 heterocycles. The zero-order chi connectivity index (χ0) is 16.8. The van der Waals surface area contributed by atoms with E-state index in [1.807, 2.05) is 37.3 Å². The van der Waals surface area contributed by atoms with Crippen LogP contribution in [0, 0.1) is 13.8 Å². The minimum absolute atomic E-state index is 0.0285. The molecule has 1 atom stereocenters. The molecule has 1 N–H and O–H groups in total. The summed E-state index contributed by atoms with van der Waals surface area (Å²) in [5.41, 5.74) is 4.34. The number of nitrogens with one attached hydrogen (secondary N) is 1. The number of rotatable bonds is 6. The quantitative estimate of drug-likeness (QED) is 0.593. The molecular formula is C20H23NOS. The third-order valence-corrected chi connectivity index (χ3v) is 4.94. The average Bonchev–Trinajstić information content (AvgIpc) is 2.55. The van der Waals surface area contributed by atoms with Crippen LogP contribution in [0.4, 0.5) is 0 Å². The fourth-order valence-electron chi connectivity index (χ4n) is 2.32. The first-order valence-corrected chi connectivity index (χ1v) is 8.72. The Morgan fingerprint density at radius 1 is 1.22 bits per heavy atom. The van der Waals surface area contributed by atoms with Gasteiger partial charge in [0, 0.05) is 10.6 Å². The average molecular weight is 325 g/mol. The van der Waals surface area contributed by atoms with E-state index in [9.17, 15) is 4.79 Å². The van der Waals surface area contributed by atoms with E-state index in [4.69, 9.17) is 0 Å². The highest BCUT2D eigenvalue weighted by molar-refractivity contribution is 7.99. The molecule has 2 aromatic rings. The molecule has 0 aliphatic heterocycles. The molecule has 0 fully saturated rings. The molecule has 3 heteroatoms. The van der Waals surface area contributed by atoms with Crippen molar-refractivity contribution in [3.05, 3.63) is 77.4 Å². The van der Waals surface area contributed by atoms with E-state index >= 15 is 0 Å². The summed E-state index contributed by atoms with van der Waals surface area (Å²) in [5, 5.41) is 3.10. The van der Waals surface area contributed by atoms with Crippen molar-refractivity contribution in [3.63, 3.8) is 0 Å². The lowest BCUT2D eigenvalue weighted by Crippen LogP contribution is -2.27. The maximum Gasteiger partial charge on any atom is 0.252 e. The molecule has 0 radical (unpaired) electrons. The summed E-state index contributed by atoms with van der Waals surface area (Å²) >= 11 is 1.62. The minimum atomic E-state index is -0.0390. The Bertz CT molecular complexity index is 709. The van der Waals surface area contributed by atoms with E-state index in [2.05, 4.69) is 43.9 Å². The zero-order valence-electron chi connectivity index (χ0n) is 13.9. The maximum absolute atomic E-state index is 12.6.